The third-order valence-electron chi connectivity index (χ3n) is 4.11. The maximum Gasteiger partial charge on any atom is 0.338 e. The lowest BCUT2D eigenvalue weighted by atomic mass is 10.1. The molecule has 2 aromatic carbocycles. The molecule has 0 fully saturated rings. The molecule has 1 atom stereocenters. The molecule has 1 unspecified atom stereocenters. The molecule has 2 rings (SSSR count). The summed E-state index contributed by atoms with van der Waals surface area (Å²) < 4.78 is 26.4. The van der Waals surface area contributed by atoms with Gasteiger partial charge in [-0.15, -0.1) is 0 Å². The second kappa shape index (κ2) is 13.8. The van der Waals surface area contributed by atoms with Crippen LogP contribution in [-0.4, -0.2) is 70.2 Å². The molecule has 0 heterocycles. The smallest absolute Gasteiger partial charge is 0.338 e. The molecule has 0 aliphatic rings. The summed E-state index contributed by atoms with van der Waals surface area (Å²) in [5, 5.41) is 11.5. The zero-order chi connectivity index (χ0) is 21.6. The number of aliphatic hydroxyl groups excluding tert-OH is 1. The van der Waals surface area contributed by atoms with Crippen molar-refractivity contribution in [2.45, 2.75) is 13.2 Å². The lowest BCUT2D eigenvalue weighted by molar-refractivity contribution is -0.0906. The highest BCUT2D eigenvalue weighted by Crippen LogP contribution is 2.16. The number of benzene rings is 2. The van der Waals surface area contributed by atoms with Gasteiger partial charge in [0, 0.05) is 0 Å². The average Bonchev–Trinajstić information content (AvgIpc) is 2.76. The second-order valence-electron chi connectivity index (χ2n) is 6.60. The Balaban J connectivity index is 1.42. The molecule has 0 saturated carbocycles. The lowest BCUT2D eigenvalue weighted by Gasteiger charge is -2.11. The first kappa shape index (κ1) is 24.0. The molecule has 0 saturated heterocycles. The molecule has 7 heteroatoms. The summed E-state index contributed by atoms with van der Waals surface area (Å²) in [6.45, 7) is 8.12. The van der Waals surface area contributed by atoms with Gasteiger partial charge in [-0.25, -0.2) is 4.79 Å². The van der Waals surface area contributed by atoms with Crippen LogP contribution in [0.3, 0.4) is 0 Å². The van der Waals surface area contributed by atoms with Gasteiger partial charge < -0.3 is 28.8 Å². The molecule has 0 amide bonds. The molecule has 30 heavy (non-hydrogen) atoms. The summed E-state index contributed by atoms with van der Waals surface area (Å²) in [6.07, 6.45) is -0.950. The Hall–Kier alpha value is -2.29. The standard InChI is InChI=1S/C23H30O7/c1-18(2)22(24)29-15-13-27-11-9-26-10-12-28-14-16-30-23(25)21-8-7-19-5-3-4-6-20(19)17-21/h3-8,17,22,24H,1,9-16H2,2H3. The molecular weight excluding hydrogens is 388 g/mol. The second-order valence-corrected chi connectivity index (χ2v) is 6.60. The van der Waals surface area contributed by atoms with Gasteiger partial charge in [0.15, 0.2) is 6.29 Å². The van der Waals surface area contributed by atoms with Crippen molar-refractivity contribution in [3.63, 3.8) is 0 Å². The van der Waals surface area contributed by atoms with Crippen molar-refractivity contribution in [1.29, 1.82) is 0 Å². The van der Waals surface area contributed by atoms with Crippen LogP contribution in [0.2, 0.25) is 0 Å². The number of rotatable bonds is 15. The SMILES string of the molecule is C=C(C)C(O)OCCOCCOCCOCCOC(=O)c1ccc2ccccc2c1. The molecule has 164 valence electrons. The van der Waals surface area contributed by atoms with Gasteiger partial charge >= 0.3 is 5.97 Å². The van der Waals surface area contributed by atoms with E-state index in [1.165, 1.54) is 0 Å². The zero-order valence-electron chi connectivity index (χ0n) is 17.4. The van der Waals surface area contributed by atoms with Crippen LogP contribution in [0.25, 0.3) is 10.8 Å². The number of aliphatic hydroxyl groups is 1. The number of hydrogen-bond donors (Lipinski definition) is 1. The van der Waals surface area contributed by atoms with E-state index < -0.39 is 6.29 Å². The average molecular weight is 418 g/mol. The Labute approximate surface area is 177 Å². The number of hydrogen-bond acceptors (Lipinski definition) is 7. The van der Waals surface area contributed by atoms with Gasteiger partial charge in [0.25, 0.3) is 0 Å². The van der Waals surface area contributed by atoms with E-state index in [4.69, 9.17) is 23.7 Å². The molecule has 0 aliphatic heterocycles. The van der Waals surface area contributed by atoms with E-state index in [0.29, 0.717) is 50.8 Å². The monoisotopic (exact) mass is 418 g/mol. The van der Waals surface area contributed by atoms with Crippen molar-refractivity contribution in [2.75, 3.05) is 52.9 Å². The quantitative estimate of drug-likeness (QED) is 0.206. The summed E-state index contributed by atoms with van der Waals surface area (Å²) in [4.78, 5) is 12.1. The summed E-state index contributed by atoms with van der Waals surface area (Å²) >= 11 is 0. The first-order valence-electron chi connectivity index (χ1n) is 9.92. The largest absolute Gasteiger partial charge is 0.460 e. The number of fused-ring (bicyclic) bond motifs is 1. The van der Waals surface area contributed by atoms with E-state index in [9.17, 15) is 9.90 Å². The maximum absolute atomic E-state index is 12.1. The van der Waals surface area contributed by atoms with E-state index in [0.717, 1.165) is 10.8 Å². The van der Waals surface area contributed by atoms with Gasteiger partial charge in [-0.3, -0.25) is 0 Å². The topological polar surface area (TPSA) is 83.5 Å². The molecule has 1 N–H and O–H groups in total. The summed E-state index contributed by atoms with van der Waals surface area (Å²) in [7, 11) is 0. The first-order chi connectivity index (χ1) is 14.6. The van der Waals surface area contributed by atoms with Gasteiger partial charge in [-0.1, -0.05) is 36.9 Å². The molecule has 0 aliphatic carbocycles. The van der Waals surface area contributed by atoms with Gasteiger partial charge in [-0.2, -0.15) is 0 Å². The van der Waals surface area contributed by atoms with Gasteiger partial charge in [0.05, 0.1) is 51.8 Å². The minimum atomic E-state index is -0.950. The predicted octanol–water partition coefficient (Wildman–Crippen LogP) is 2.96. The van der Waals surface area contributed by atoms with Crippen LogP contribution in [0.5, 0.6) is 0 Å². The van der Waals surface area contributed by atoms with E-state index in [2.05, 4.69) is 6.58 Å². The van der Waals surface area contributed by atoms with Crippen molar-refractivity contribution in [2.24, 2.45) is 0 Å². The molecule has 0 bridgehead atoms. The Morgan fingerprint density at radius 2 is 1.43 bits per heavy atom. The van der Waals surface area contributed by atoms with Crippen LogP contribution in [-0.2, 0) is 23.7 Å². The fourth-order valence-corrected chi connectivity index (χ4v) is 2.50. The van der Waals surface area contributed by atoms with Crippen LogP contribution in [0.15, 0.2) is 54.6 Å². The third kappa shape index (κ3) is 9.02. The van der Waals surface area contributed by atoms with Crippen LogP contribution >= 0.6 is 0 Å². The van der Waals surface area contributed by atoms with Crippen molar-refractivity contribution < 1.29 is 33.6 Å². The Kier molecular flexibility index (Phi) is 11.1. The van der Waals surface area contributed by atoms with E-state index in [-0.39, 0.29) is 19.2 Å². The van der Waals surface area contributed by atoms with Gasteiger partial charge in [0.1, 0.15) is 6.61 Å². The van der Waals surface area contributed by atoms with E-state index in [1.54, 1.807) is 13.0 Å². The zero-order valence-corrected chi connectivity index (χ0v) is 17.4. The lowest BCUT2D eigenvalue weighted by Crippen LogP contribution is -2.17. The normalized spacial score (nSPS) is 12.1. The fourth-order valence-electron chi connectivity index (χ4n) is 2.50. The third-order valence-corrected chi connectivity index (χ3v) is 4.11. The highest BCUT2D eigenvalue weighted by Gasteiger charge is 2.07. The summed E-state index contributed by atoms with van der Waals surface area (Å²) in [5.74, 6) is -0.363. The minimum absolute atomic E-state index is 0.185. The van der Waals surface area contributed by atoms with Crippen LogP contribution in [0.1, 0.15) is 17.3 Å². The van der Waals surface area contributed by atoms with E-state index in [1.807, 2.05) is 36.4 Å². The predicted molar refractivity (Wildman–Crippen MR) is 113 cm³/mol. The molecular formula is C23H30O7. The Morgan fingerprint density at radius 3 is 2.07 bits per heavy atom. The van der Waals surface area contributed by atoms with Crippen molar-refractivity contribution in [3.05, 3.63) is 60.2 Å². The molecule has 0 spiro atoms. The number of esters is 1. The number of carbonyl (C=O) groups excluding carboxylic acids is 1. The van der Waals surface area contributed by atoms with Crippen molar-refractivity contribution >= 4 is 16.7 Å². The van der Waals surface area contributed by atoms with Crippen LogP contribution < -0.4 is 0 Å². The van der Waals surface area contributed by atoms with Gasteiger partial charge in [0.2, 0.25) is 0 Å². The Morgan fingerprint density at radius 1 is 0.867 bits per heavy atom. The maximum atomic E-state index is 12.1. The molecule has 2 aromatic rings. The summed E-state index contributed by atoms with van der Waals surface area (Å²) in [5.41, 5.74) is 1.08. The Bertz CT molecular complexity index is 790. The van der Waals surface area contributed by atoms with E-state index >= 15 is 0 Å². The van der Waals surface area contributed by atoms with Crippen LogP contribution in [0.4, 0.5) is 0 Å². The number of carbonyl (C=O) groups is 1. The van der Waals surface area contributed by atoms with Gasteiger partial charge in [-0.05, 0) is 35.4 Å². The summed E-state index contributed by atoms with van der Waals surface area (Å²) in [6, 6.07) is 13.3. The molecule has 7 nitrogen and oxygen atoms in total. The van der Waals surface area contributed by atoms with Crippen molar-refractivity contribution in [3.8, 4) is 0 Å². The minimum Gasteiger partial charge on any atom is -0.460 e. The van der Waals surface area contributed by atoms with Crippen molar-refractivity contribution in [1.82, 2.24) is 0 Å². The molecule has 0 radical (unpaired) electrons. The van der Waals surface area contributed by atoms with Crippen LogP contribution in [0, 0.1) is 0 Å². The highest BCUT2D eigenvalue weighted by atomic mass is 16.6. The first-order valence-corrected chi connectivity index (χ1v) is 9.92. The number of ether oxygens (including phenoxy) is 5. The highest BCUT2D eigenvalue weighted by molar-refractivity contribution is 5.95. The molecule has 0 aromatic heterocycles. The fraction of sp³-hybridized carbons (Fsp3) is 0.435.